The molecule has 1 aromatic heterocycles. The van der Waals surface area contributed by atoms with E-state index in [2.05, 4.69) is 24.5 Å². The van der Waals surface area contributed by atoms with Gasteiger partial charge in [-0.15, -0.1) is 11.3 Å². The summed E-state index contributed by atoms with van der Waals surface area (Å²) in [6.45, 7) is 2.14. The van der Waals surface area contributed by atoms with Crippen molar-refractivity contribution in [3.8, 4) is 0 Å². The van der Waals surface area contributed by atoms with E-state index in [0.717, 1.165) is 12.0 Å². The number of hydrazine groups is 1. The zero-order valence-corrected chi connectivity index (χ0v) is 12.2. The Morgan fingerprint density at radius 3 is 2.56 bits per heavy atom. The van der Waals surface area contributed by atoms with Gasteiger partial charge in [-0.2, -0.15) is 0 Å². The summed E-state index contributed by atoms with van der Waals surface area (Å²) in [5, 5.41) is 1.10. The Kier molecular flexibility index (Phi) is 4.65. The summed E-state index contributed by atoms with van der Waals surface area (Å²) in [4.78, 5) is 2.51. The maximum atomic E-state index is 6.04. The first-order chi connectivity index (χ1) is 8.65. The molecule has 18 heavy (non-hydrogen) atoms. The van der Waals surface area contributed by atoms with Gasteiger partial charge >= 0.3 is 0 Å². The Hall–Kier alpha value is -0.580. The van der Waals surface area contributed by atoms with E-state index in [1.165, 1.54) is 9.75 Å². The summed E-state index contributed by atoms with van der Waals surface area (Å²) in [5.41, 5.74) is 3.84. The highest BCUT2D eigenvalue weighted by Crippen LogP contribution is 2.31. The van der Waals surface area contributed by atoms with Gasteiger partial charge in [0.2, 0.25) is 0 Å². The quantitative estimate of drug-likeness (QED) is 0.657. The maximum Gasteiger partial charge on any atom is 0.0803 e. The molecular formula is C13H14Cl2N2S. The van der Waals surface area contributed by atoms with Crippen LogP contribution in [0.4, 0.5) is 0 Å². The summed E-state index contributed by atoms with van der Waals surface area (Å²) in [5.74, 6) is 5.66. The minimum atomic E-state index is -0.0509. The first-order valence-electron chi connectivity index (χ1n) is 5.65. The van der Waals surface area contributed by atoms with Crippen LogP contribution in [0.2, 0.25) is 10.0 Å². The van der Waals surface area contributed by atoms with Gasteiger partial charge in [0.1, 0.15) is 0 Å². The van der Waals surface area contributed by atoms with E-state index in [-0.39, 0.29) is 6.04 Å². The monoisotopic (exact) mass is 300 g/mol. The van der Waals surface area contributed by atoms with Crippen LogP contribution in [0.5, 0.6) is 0 Å². The number of thiophene rings is 1. The Labute approximate surface area is 121 Å². The van der Waals surface area contributed by atoms with Crippen molar-refractivity contribution in [2.24, 2.45) is 5.84 Å². The molecule has 0 bridgehead atoms. The van der Waals surface area contributed by atoms with Crippen LogP contribution < -0.4 is 11.3 Å². The minimum Gasteiger partial charge on any atom is -0.271 e. The molecule has 0 fully saturated rings. The van der Waals surface area contributed by atoms with Gasteiger partial charge in [-0.1, -0.05) is 36.2 Å². The highest BCUT2D eigenvalue weighted by molar-refractivity contribution is 7.12. The van der Waals surface area contributed by atoms with Gasteiger partial charge in [0.15, 0.2) is 0 Å². The van der Waals surface area contributed by atoms with Crippen molar-refractivity contribution in [2.75, 3.05) is 0 Å². The van der Waals surface area contributed by atoms with Crippen molar-refractivity contribution in [3.63, 3.8) is 0 Å². The average Bonchev–Trinajstić information content (AvgIpc) is 2.83. The van der Waals surface area contributed by atoms with Crippen LogP contribution in [0.3, 0.4) is 0 Å². The highest BCUT2D eigenvalue weighted by Gasteiger charge is 2.15. The zero-order chi connectivity index (χ0) is 13.1. The van der Waals surface area contributed by atoms with Gasteiger partial charge in [-0.25, -0.2) is 5.43 Å². The number of rotatable bonds is 4. The molecular weight excluding hydrogens is 287 g/mol. The molecule has 1 aromatic carbocycles. The van der Waals surface area contributed by atoms with E-state index in [4.69, 9.17) is 29.0 Å². The molecule has 5 heteroatoms. The molecule has 2 aromatic rings. The molecule has 1 unspecified atom stereocenters. The Balaban J connectivity index is 2.35. The molecule has 3 N–H and O–H groups in total. The topological polar surface area (TPSA) is 38.0 Å². The first-order valence-corrected chi connectivity index (χ1v) is 7.22. The second-order valence-electron chi connectivity index (χ2n) is 3.93. The van der Waals surface area contributed by atoms with Crippen molar-refractivity contribution in [1.29, 1.82) is 0 Å². The molecule has 0 saturated heterocycles. The smallest absolute Gasteiger partial charge is 0.0803 e. The lowest BCUT2D eigenvalue weighted by molar-refractivity contribution is 0.646. The second kappa shape index (κ2) is 6.04. The molecule has 2 nitrogen and oxygen atoms in total. The van der Waals surface area contributed by atoms with Crippen molar-refractivity contribution in [2.45, 2.75) is 19.4 Å². The molecule has 0 aliphatic heterocycles. The lowest BCUT2D eigenvalue weighted by atomic mass is 10.1. The van der Waals surface area contributed by atoms with Crippen LogP contribution in [-0.2, 0) is 6.42 Å². The molecule has 0 radical (unpaired) electrons. The minimum absolute atomic E-state index is 0.0509. The SMILES string of the molecule is CCc1ccc(C(NN)c2ccc(Cl)c(Cl)c2)s1. The van der Waals surface area contributed by atoms with Gasteiger partial charge in [0.25, 0.3) is 0 Å². The third-order valence-corrected chi connectivity index (χ3v) is 4.79. The number of hydrogen-bond donors (Lipinski definition) is 2. The first kappa shape index (κ1) is 13.8. The fourth-order valence-electron chi connectivity index (χ4n) is 1.77. The van der Waals surface area contributed by atoms with Crippen molar-refractivity contribution in [1.82, 2.24) is 5.43 Å². The van der Waals surface area contributed by atoms with Crippen LogP contribution in [0.1, 0.15) is 28.3 Å². The summed E-state index contributed by atoms with van der Waals surface area (Å²) >= 11 is 13.7. The number of aryl methyl sites for hydroxylation is 1. The average molecular weight is 301 g/mol. The highest BCUT2D eigenvalue weighted by atomic mass is 35.5. The van der Waals surface area contributed by atoms with E-state index < -0.39 is 0 Å². The van der Waals surface area contributed by atoms with E-state index in [1.807, 2.05) is 12.1 Å². The van der Waals surface area contributed by atoms with Gasteiger partial charge in [0, 0.05) is 9.75 Å². The van der Waals surface area contributed by atoms with E-state index >= 15 is 0 Å². The van der Waals surface area contributed by atoms with Crippen molar-refractivity contribution < 1.29 is 0 Å². The van der Waals surface area contributed by atoms with Crippen LogP contribution in [-0.4, -0.2) is 0 Å². The number of benzene rings is 1. The van der Waals surface area contributed by atoms with E-state index in [0.29, 0.717) is 10.0 Å². The van der Waals surface area contributed by atoms with Crippen LogP contribution in [0.25, 0.3) is 0 Å². The number of halogens is 2. The zero-order valence-electron chi connectivity index (χ0n) is 9.91. The predicted molar refractivity (Wildman–Crippen MR) is 79.3 cm³/mol. The summed E-state index contributed by atoms with van der Waals surface area (Å²) in [6.07, 6.45) is 1.03. The normalized spacial score (nSPS) is 12.7. The third kappa shape index (κ3) is 2.87. The molecule has 0 aliphatic carbocycles. The van der Waals surface area contributed by atoms with Crippen LogP contribution in [0.15, 0.2) is 30.3 Å². The standard InChI is InChI=1S/C13H14Cl2N2S/c1-2-9-4-6-12(18-9)13(17-16)8-3-5-10(14)11(15)7-8/h3-7,13,17H,2,16H2,1H3. The van der Waals surface area contributed by atoms with Gasteiger partial charge < -0.3 is 0 Å². The lowest BCUT2D eigenvalue weighted by Crippen LogP contribution is -2.28. The second-order valence-corrected chi connectivity index (χ2v) is 5.95. The molecule has 1 heterocycles. The fraction of sp³-hybridized carbons (Fsp3) is 0.231. The number of nitrogens with two attached hydrogens (primary N) is 1. The summed E-state index contributed by atoms with van der Waals surface area (Å²) in [6, 6.07) is 9.74. The molecule has 0 amide bonds. The fourth-order valence-corrected chi connectivity index (χ4v) is 3.12. The van der Waals surface area contributed by atoms with Crippen molar-refractivity contribution >= 4 is 34.5 Å². The third-order valence-electron chi connectivity index (χ3n) is 2.76. The van der Waals surface area contributed by atoms with E-state index in [1.54, 1.807) is 17.4 Å². The van der Waals surface area contributed by atoms with Crippen LogP contribution in [0, 0.1) is 0 Å². The Morgan fingerprint density at radius 2 is 2.00 bits per heavy atom. The molecule has 0 aliphatic rings. The Bertz CT molecular complexity index is 540. The van der Waals surface area contributed by atoms with Crippen LogP contribution >= 0.6 is 34.5 Å². The van der Waals surface area contributed by atoms with Gasteiger partial charge in [0.05, 0.1) is 16.1 Å². The van der Waals surface area contributed by atoms with Gasteiger partial charge in [-0.05, 0) is 36.2 Å². The lowest BCUT2D eigenvalue weighted by Gasteiger charge is -2.15. The molecule has 1 atom stereocenters. The summed E-state index contributed by atoms with van der Waals surface area (Å²) in [7, 11) is 0. The van der Waals surface area contributed by atoms with Gasteiger partial charge in [-0.3, -0.25) is 5.84 Å². The van der Waals surface area contributed by atoms with Crippen molar-refractivity contribution in [3.05, 3.63) is 55.7 Å². The predicted octanol–water partition coefficient (Wildman–Crippen LogP) is 4.17. The van der Waals surface area contributed by atoms with E-state index in [9.17, 15) is 0 Å². The summed E-state index contributed by atoms with van der Waals surface area (Å²) < 4.78 is 0. The maximum absolute atomic E-state index is 6.04. The molecule has 0 saturated carbocycles. The molecule has 2 rings (SSSR count). The number of nitrogens with one attached hydrogen (secondary N) is 1. The largest absolute Gasteiger partial charge is 0.271 e. The molecule has 0 spiro atoms. The number of hydrogen-bond acceptors (Lipinski definition) is 3. The molecule has 96 valence electrons. The Morgan fingerprint density at radius 1 is 1.22 bits per heavy atom.